The number of carbonyl (C=O) groups excluding carboxylic acids is 1. The molecule has 8 rings (SSSR count). The van der Waals surface area contributed by atoms with E-state index in [0.717, 1.165) is 35.3 Å². The molecule has 268 valence electrons. The average molecular weight is 748 g/mol. The second-order valence-corrected chi connectivity index (χ2v) is 15.0. The van der Waals surface area contributed by atoms with E-state index in [1.165, 1.54) is 6.07 Å². The number of nitrogens with two attached hydrogens (primary N) is 1. The predicted octanol–water partition coefficient (Wildman–Crippen LogP) is 6.31. The number of alkyl halides is 3. The molecular weight excluding hydrogens is 717 g/mol. The zero-order chi connectivity index (χ0) is 35.9. The lowest BCUT2D eigenvalue weighted by Gasteiger charge is -2.32. The highest BCUT2D eigenvalue weighted by atomic mass is 35.5. The Morgan fingerprint density at radius 1 is 1.24 bits per heavy atom. The van der Waals surface area contributed by atoms with Crippen molar-refractivity contribution in [3.63, 3.8) is 0 Å². The van der Waals surface area contributed by atoms with Crippen molar-refractivity contribution in [3.8, 4) is 29.0 Å². The Hall–Kier alpha value is -4.20. The fourth-order valence-corrected chi connectivity index (χ4v) is 9.54. The Bertz CT molecular complexity index is 2150. The molecule has 4 atom stereocenters. The Labute approximate surface area is 297 Å². The van der Waals surface area contributed by atoms with E-state index in [9.17, 15) is 23.2 Å². The molecule has 2 aromatic heterocycles. The third-order valence-corrected chi connectivity index (χ3v) is 11.9. The molecule has 0 bridgehead atoms. The van der Waals surface area contributed by atoms with E-state index in [4.69, 9.17) is 31.8 Å². The molecule has 0 saturated carbocycles. The molecule has 3 saturated heterocycles. The van der Waals surface area contributed by atoms with Crippen molar-refractivity contribution in [1.29, 1.82) is 5.26 Å². The molecule has 1 amide bonds. The van der Waals surface area contributed by atoms with E-state index in [0.29, 0.717) is 12.8 Å². The SMILES string of the molecule is C[C@H]1CN(C2CCN(C(=O)C(F)F)C2)c2nc(OC[C@@]34CCCN3C[C@H](F)C4)nc3c(F)c(-c4ccc(F)c5sc(N)c(C#N)c45)c(Cl)c(c23)O1. The molecule has 0 spiro atoms. The number of halogens is 6. The molecule has 0 radical (unpaired) electrons. The summed E-state index contributed by atoms with van der Waals surface area (Å²) in [5, 5.41) is 9.98. The fraction of sp³-hybridized carbons (Fsp3) is 0.471. The van der Waals surface area contributed by atoms with Crippen LogP contribution in [0.5, 0.6) is 11.8 Å². The van der Waals surface area contributed by atoms with Crippen LogP contribution in [-0.2, 0) is 4.79 Å². The molecule has 1 unspecified atom stereocenters. The number of thiophene rings is 1. The van der Waals surface area contributed by atoms with Gasteiger partial charge in [-0.15, -0.1) is 11.3 Å². The zero-order valence-electron chi connectivity index (χ0n) is 27.2. The number of aromatic nitrogens is 2. The maximum Gasteiger partial charge on any atom is 0.319 e. The number of benzene rings is 2. The highest BCUT2D eigenvalue weighted by molar-refractivity contribution is 7.23. The van der Waals surface area contributed by atoms with Gasteiger partial charge in [0.25, 0.3) is 5.91 Å². The number of ether oxygens (including phenoxy) is 2. The van der Waals surface area contributed by atoms with Gasteiger partial charge < -0.3 is 25.0 Å². The summed E-state index contributed by atoms with van der Waals surface area (Å²) in [6, 6.07) is 3.72. The van der Waals surface area contributed by atoms with Gasteiger partial charge >= 0.3 is 12.4 Å². The van der Waals surface area contributed by atoms with Crippen LogP contribution in [0.4, 0.5) is 32.8 Å². The minimum absolute atomic E-state index is 0.0222. The van der Waals surface area contributed by atoms with E-state index in [2.05, 4.69) is 9.88 Å². The monoisotopic (exact) mass is 747 g/mol. The normalized spacial score (nSPS) is 24.7. The molecule has 51 heavy (non-hydrogen) atoms. The third-order valence-electron chi connectivity index (χ3n) is 10.5. The van der Waals surface area contributed by atoms with Gasteiger partial charge in [-0.25, -0.2) is 13.2 Å². The second-order valence-electron chi connectivity index (χ2n) is 13.6. The van der Waals surface area contributed by atoms with Gasteiger partial charge in [-0.1, -0.05) is 17.7 Å². The molecule has 6 heterocycles. The van der Waals surface area contributed by atoms with Gasteiger partial charge in [0, 0.05) is 43.0 Å². The molecular formula is C34H31ClF5N7O3S. The van der Waals surface area contributed by atoms with Crippen molar-refractivity contribution in [1.82, 2.24) is 19.8 Å². The van der Waals surface area contributed by atoms with Crippen molar-refractivity contribution in [2.75, 3.05) is 50.0 Å². The van der Waals surface area contributed by atoms with E-state index in [-0.39, 0.29) is 104 Å². The van der Waals surface area contributed by atoms with Gasteiger partial charge in [0.05, 0.1) is 32.8 Å². The summed E-state index contributed by atoms with van der Waals surface area (Å²) in [4.78, 5) is 26.4. The first-order valence-electron chi connectivity index (χ1n) is 16.6. The second kappa shape index (κ2) is 12.5. The molecule has 4 aliphatic heterocycles. The van der Waals surface area contributed by atoms with Crippen LogP contribution in [0.2, 0.25) is 5.02 Å². The number of anilines is 2. The Balaban J connectivity index is 1.33. The number of hydrogen-bond acceptors (Lipinski definition) is 10. The first kappa shape index (κ1) is 33.9. The number of hydrogen-bond donors (Lipinski definition) is 1. The molecule has 3 fully saturated rings. The Morgan fingerprint density at radius 3 is 2.80 bits per heavy atom. The lowest BCUT2D eigenvalue weighted by molar-refractivity contribution is -0.141. The zero-order valence-corrected chi connectivity index (χ0v) is 28.8. The van der Waals surface area contributed by atoms with E-state index < -0.39 is 47.8 Å². The fourth-order valence-electron chi connectivity index (χ4n) is 8.27. The highest BCUT2D eigenvalue weighted by Crippen LogP contribution is 2.51. The maximum absolute atomic E-state index is 17.3. The van der Waals surface area contributed by atoms with Crippen LogP contribution >= 0.6 is 22.9 Å². The molecule has 4 aromatic rings. The summed E-state index contributed by atoms with van der Waals surface area (Å²) < 4.78 is 86.3. The quantitative estimate of drug-likeness (QED) is 0.227. The maximum atomic E-state index is 17.3. The molecule has 4 aliphatic rings. The van der Waals surface area contributed by atoms with Gasteiger partial charge in [0.2, 0.25) is 0 Å². The smallest absolute Gasteiger partial charge is 0.319 e. The number of nitriles is 1. The Kier molecular flexibility index (Phi) is 8.30. The standard InChI is InChI=1S/C34H31ClF5N7O3S/c1-15-11-47(17-5-8-45(13-17)32(48)29(39)40)31-23-26(43-33(44-31)49-14-34-6-2-7-46(34)12-16(36)9-34)25(38)22(24(35)27(23)50-15)18-3-4-20(37)28-21(18)19(10-41)30(42)51-28/h3-4,15-17,29H,2,5-9,11-14,42H2,1H3/t15-,16+,17?,34-/m0/s1. The number of carbonyl (C=O) groups is 1. The van der Waals surface area contributed by atoms with Crippen LogP contribution in [-0.4, -0.2) is 95.3 Å². The molecule has 0 aliphatic carbocycles. The average Bonchev–Trinajstić information content (AvgIpc) is 3.85. The summed E-state index contributed by atoms with van der Waals surface area (Å²) in [7, 11) is 0. The van der Waals surface area contributed by atoms with Gasteiger partial charge in [-0.05, 0) is 44.4 Å². The van der Waals surface area contributed by atoms with Gasteiger partial charge in [0.1, 0.15) is 47.1 Å². The summed E-state index contributed by atoms with van der Waals surface area (Å²) in [5.74, 6) is -2.68. The summed E-state index contributed by atoms with van der Waals surface area (Å²) in [6.45, 7) is 2.98. The van der Waals surface area contributed by atoms with Crippen molar-refractivity contribution >= 4 is 60.7 Å². The molecule has 2 aromatic carbocycles. The van der Waals surface area contributed by atoms with E-state index >= 15 is 8.78 Å². The summed E-state index contributed by atoms with van der Waals surface area (Å²) in [6.07, 6.45) is -2.66. The third kappa shape index (κ3) is 5.38. The van der Waals surface area contributed by atoms with Crippen molar-refractivity contribution in [2.45, 2.75) is 62.9 Å². The van der Waals surface area contributed by atoms with Gasteiger partial charge in [0.15, 0.2) is 11.6 Å². The number of likely N-dealkylation sites (tertiary alicyclic amines) is 1. The number of fused-ring (bicyclic) bond motifs is 2. The number of rotatable bonds is 6. The largest absolute Gasteiger partial charge is 0.486 e. The van der Waals surface area contributed by atoms with Crippen LogP contribution in [0.1, 0.15) is 38.2 Å². The topological polar surface area (TPSA) is 121 Å². The Morgan fingerprint density at radius 2 is 2.04 bits per heavy atom. The minimum atomic E-state index is -3.17. The first-order chi connectivity index (χ1) is 24.4. The van der Waals surface area contributed by atoms with Crippen molar-refractivity contribution in [2.24, 2.45) is 0 Å². The molecule has 10 nitrogen and oxygen atoms in total. The van der Waals surface area contributed by atoms with Crippen LogP contribution in [0.15, 0.2) is 12.1 Å². The van der Waals surface area contributed by atoms with Crippen LogP contribution in [0, 0.1) is 23.0 Å². The van der Waals surface area contributed by atoms with Crippen molar-refractivity contribution in [3.05, 3.63) is 34.4 Å². The molecule has 17 heteroatoms. The van der Waals surface area contributed by atoms with Gasteiger partial charge in [-0.2, -0.15) is 24.0 Å². The van der Waals surface area contributed by atoms with Crippen LogP contribution < -0.4 is 20.1 Å². The van der Waals surface area contributed by atoms with Crippen LogP contribution in [0.3, 0.4) is 0 Å². The summed E-state index contributed by atoms with van der Waals surface area (Å²) >= 11 is 7.88. The minimum Gasteiger partial charge on any atom is -0.486 e. The first-order valence-corrected chi connectivity index (χ1v) is 17.8. The number of nitrogen functional groups attached to an aromatic ring is 1. The number of nitrogens with zero attached hydrogens (tertiary/aromatic N) is 6. The van der Waals surface area contributed by atoms with Crippen LogP contribution in [0.25, 0.3) is 32.1 Å². The highest BCUT2D eigenvalue weighted by Gasteiger charge is 2.49. The van der Waals surface area contributed by atoms with E-state index in [1.807, 2.05) is 6.07 Å². The predicted molar refractivity (Wildman–Crippen MR) is 181 cm³/mol. The van der Waals surface area contributed by atoms with Gasteiger partial charge in [-0.3, -0.25) is 9.69 Å². The lowest BCUT2D eigenvalue weighted by Crippen LogP contribution is -2.44. The summed E-state index contributed by atoms with van der Waals surface area (Å²) in [5.41, 5.74) is 5.10. The van der Waals surface area contributed by atoms with E-state index in [1.54, 1.807) is 11.8 Å². The van der Waals surface area contributed by atoms with Crippen molar-refractivity contribution < 1.29 is 36.2 Å². The molecule has 2 N–H and O–H groups in total. The lowest BCUT2D eigenvalue weighted by atomic mass is 9.95. The number of amides is 1.